The maximum atomic E-state index is 12.9. The van der Waals surface area contributed by atoms with Gasteiger partial charge >= 0.3 is 11.9 Å². The number of nitrogens with one attached hydrogen (secondary N) is 1. The fourth-order valence-corrected chi connectivity index (χ4v) is 6.74. The smallest absolute Gasteiger partial charge is 0.335 e. The molecule has 0 radical (unpaired) electrons. The SMILES string of the molecule is O=C(O)c1ccc(CSc2nc3ccc(NC(=O)[C@H]4[C@H](C(=O)O)[C@H]5C=C[C@H]4C5)cc3s2)cc1. The van der Waals surface area contributed by atoms with Crippen molar-refractivity contribution in [2.75, 3.05) is 5.32 Å². The van der Waals surface area contributed by atoms with Crippen molar-refractivity contribution in [3.8, 4) is 0 Å². The molecule has 2 aliphatic carbocycles. The second-order valence-electron chi connectivity index (χ2n) is 8.28. The highest BCUT2D eigenvalue weighted by Crippen LogP contribution is 2.48. The normalized spacial score (nSPS) is 23.2. The Balaban J connectivity index is 1.26. The van der Waals surface area contributed by atoms with E-state index in [0.717, 1.165) is 26.5 Å². The number of carbonyl (C=O) groups is 3. The Hall–Kier alpha value is -3.17. The lowest BCUT2D eigenvalue weighted by Gasteiger charge is -2.23. The number of aliphatic carboxylic acids is 1. The van der Waals surface area contributed by atoms with Crippen LogP contribution in [0.15, 0.2) is 59.0 Å². The van der Waals surface area contributed by atoms with Crippen molar-refractivity contribution in [3.05, 3.63) is 65.7 Å². The molecule has 5 rings (SSSR count). The molecular formula is C24H20N2O5S2. The van der Waals surface area contributed by atoms with Crippen molar-refractivity contribution in [2.45, 2.75) is 16.5 Å². The second-order valence-corrected chi connectivity index (χ2v) is 10.5. The lowest BCUT2D eigenvalue weighted by molar-refractivity contribution is -0.146. The molecule has 0 spiro atoms. The van der Waals surface area contributed by atoms with Crippen molar-refractivity contribution in [1.82, 2.24) is 4.98 Å². The number of thiazole rings is 1. The number of hydrogen-bond donors (Lipinski definition) is 3. The van der Waals surface area contributed by atoms with Gasteiger partial charge in [0.25, 0.3) is 0 Å². The molecule has 3 aromatic rings. The second kappa shape index (κ2) is 8.64. The lowest BCUT2D eigenvalue weighted by atomic mass is 9.82. The molecule has 33 heavy (non-hydrogen) atoms. The number of benzene rings is 2. The number of nitrogens with zero attached hydrogens (tertiary/aromatic N) is 1. The Kier molecular flexibility index (Phi) is 5.67. The number of amides is 1. The summed E-state index contributed by atoms with van der Waals surface area (Å²) in [6.07, 6.45) is 4.62. The average molecular weight is 481 g/mol. The Bertz CT molecular complexity index is 1280. The molecule has 0 saturated heterocycles. The minimum absolute atomic E-state index is 0.0178. The third-order valence-electron chi connectivity index (χ3n) is 6.25. The lowest BCUT2D eigenvalue weighted by Crippen LogP contribution is -2.36. The van der Waals surface area contributed by atoms with Crippen LogP contribution in [0.3, 0.4) is 0 Å². The van der Waals surface area contributed by atoms with Gasteiger partial charge in [-0.25, -0.2) is 9.78 Å². The molecule has 2 aromatic carbocycles. The topological polar surface area (TPSA) is 117 Å². The molecule has 0 aliphatic heterocycles. The summed E-state index contributed by atoms with van der Waals surface area (Å²) in [5.41, 5.74) is 2.72. The van der Waals surface area contributed by atoms with Gasteiger partial charge in [0.1, 0.15) is 0 Å². The first-order valence-corrected chi connectivity index (χ1v) is 12.3. The van der Waals surface area contributed by atoms with Crippen LogP contribution in [0.25, 0.3) is 10.2 Å². The first-order valence-electron chi connectivity index (χ1n) is 10.5. The van der Waals surface area contributed by atoms with Gasteiger partial charge in [-0.3, -0.25) is 9.59 Å². The largest absolute Gasteiger partial charge is 0.481 e. The Morgan fingerprint density at radius 2 is 1.76 bits per heavy atom. The number of carboxylic acids is 2. The van der Waals surface area contributed by atoms with Crippen LogP contribution < -0.4 is 5.32 Å². The summed E-state index contributed by atoms with van der Waals surface area (Å²) >= 11 is 3.08. The van der Waals surface area contributed by atoms with Gasteiger partial charge < -0.3 is 15.5 Å². The Morgan fingerprint density at radius 3 is 2.45 bits per heavy atom. The van der Waals surface area contributed by atoms with E-state index in [1.807, 2.05) is 24.3 Å². The van der Waals surface area contributed by atoms with Crippen LogP contribution in [0.4, 0.5) is 5.69 Å². The molecule has 1 aromatic heterocycles. The number of thioether (sulfide) groups is 1. The summed E-state index contributed by atoms with van der Waals surface area (Å²) in [5, 5.41) is 21.5. The van der Waals surface area contributed by atoms with E-state index < -0.39 is 23.8 Å². The molecular weight excluding hydrogens is 460 g/mol. The Labute approximate surface area is 197 Å². The summed E-state index contributed by atoms with van der Waals surface area (Å²) in [6.45, 7) is 0. The van der Waals surface area contributed by atoms with Crippen LogP contribution in [0.1, 0.15) is 22.3 Å². The zero-order valence-electron chi connectivity index (χ0n) is 17.3. The zero-order valence-corrected chi connectivity index (χ0v) is 18.9. The van der Waals surface area contributed by atoms with Crippen molar-refractivity contribution in [3.63, 3.8) is 0 Å². The van der Waals surface area contributed by atoms with Gasteiger partial charge in [0, 0.05) is 11.4 Å². The molecule has 2 bridgehead atoms. The molecule has 1 saturated carbocycles. The van der Waals surface area contributed by atoms with E-state index in [2.05, 4.69) is 10.3 Å². The van der Waals surface area contributed by atoms with Gasteiger partial charge in [-0.1, -0.05) is 36.0 Å². The van der Waals surface area contributed by atoms with Crippen molar-refractivity contribution < 1.29 is 24.6 Å². The molecule has 4 atom stereocenters. The summed E-state index contributed by atoms with van der Waals surface area (Å²) in [7, 11) is 0. The van der Waals surface area contributed by atoms with Gasteiger partial charge in [-0.05, 0) is 54.2 Å². The molecule has 0 unspecified atom stereocenters. The molecule has 3 N–H and O–H groups in total. The monoisotopic (exact) mass is 480 g/mol. The molecule has 7 nitrogen and oxygen atoms in total. The number of rotatable bonds is 7. The van der Waals surface area contributed by atoms with Gasteiger partial charge in [-0.15, -0.1) is 11.3 Å². The predicted octanol–water partition coefficient (Wildman–Crippen LogP) is 4.75. The number of fused-ring (bicyclic) bond motifs is 3. The van der Waals surface area contributed by atoms with E-state index >= 15 is 0 Å². The van der Waals surface area contributed by atoms with Crippen LogP contribution >= 0.6 is 23.1 Å². The number of carboxylic acid groups (broad SMARTS) is 2. The molecule has 9 heteroatoms. The number of aromatic nitrogens is 1. The van der Waals surface area contributed by atoms with E-state index in [4.69, 9.17) is 5.11 Å². The van der Waals surface area contributed by atoms with Gasteiger partial charge in [0.05, 0.1) is 27.6 Å². The maximum absolute atomic E-state index is 12.9. The third-order valence-corrected chi connectivity index (χ3v) is 8.48. The van der Waals surface area contributed by atoms with Crippen LogP contribution in [0.2, 0.25) is 0 Å². The van der Waals surface area contributed by atoms with E-state index in [0.29, 0.717) is 11.4 Å². The molecule has 1 heterocycles. The Morgan fingerprint density at radius 1 is 1.03 bits per heavy atom. The van der Waals surface area contributed by atoms with Gasteiger partial charge in [0.15, 0.2) is 4.34 Å². The van der Waals surface area contributed by atoms with E-state index in [9.17, 15) is 19.5 Å². The first kappa shape index (κ1) is 21.7. The van der Waals surface area contributed by atoms with Crippen molar-refractivity contribution >= 4 is 56.8 Å². The minimum Gasteiger partial charge on any atom is -0.481 e. The number of carbonyl (C=O) groups excluding carboxylic acids is 1. The quantitative estimate of drug-likeness (QED) is 0.330. The highest BCUT2D eigenvalue weighted by atomic mass is 32.2. The summed E-state index contributed by atoms with van der Waals surface area (Å²) in [4.78, 5) is 40.2. The van der Waals surface area contributed by atoms with Crippen LogP contribution in [0, 0.1) is 23.7 Å². The number of allylic oxidation sites excluding steroid dienone is 2. The maximum Gasteiger partial charge on any atom is 0.335 e. The fraction of sp³-hybridized carbons (Fsp3) is 0.250. The van der Waals surface area contributed by atoms with Crippen LogP contribution in [-0.4, -0.2) is 33.0 Å². The van der Waals surface area contributed by atoms with E-state index in [-0.39, 0.29) is 23.3 Å². The average Bonchev–Trinajstić information content (AvgIpc) is 3.51. The third kappa shape index (κ3) is 4.26. The fourth-order valence-electron chi connectivity index (χ4n) is 4.67. The van der Waals surface area contributed by atoms with Crippen LogP contribution in [-0.2, 0) is 15.3 Å². The summed E-state index contributed by atoms with van der Waals surface area (Å²) in [6, 6.07) is 12.3. The van der Waals surface area contributed by atoms with Gasteiger partial charge in [-0.2, -0.15) is 0 Å². The molecule has 1 fully saturated rings. The minimum atomic E-state index is -0.946. The number of hydrogen-bond acceptors (Lipinski definition) is 6. The number of aromatic carboxylic acids is 1. The van der Waals surface area contributed by atoms with Crippen molar-refractivity contribution in [2.24, 2.45) is 23.7 Å². The van der Waals surface area contributed by atoms with Gasteiger partial charge in [0.2, 0.25) is 5.91 Å². The molecule has 2 aliphatic rings. The first-order chi connectivity index (χ1) is 15.9. The van der Waals surface area contributed by atoms with Crippen LogP contribution in [0.5, 0.6) is 0 Å². The van der Waals surface area contributed by atoms with Crippen molar-refractivity contribution in [1.29, 1.82) is 0 Å². The zero-order chi connectivity index (χ0) is 23.1. The van der Waals surface area contributed by atoms with E-state index in [1.165, 1.54) is 11.3 Å². The highest BCUT2D eigenvalue weighted by Gasteiger charge is 2.51. The highest BCUT2D eigenvalue weighted by molar-refractivity contribution is 8.00. The summed E-state index contributed by atoms with van der Waals surface area (Å²) in [5.74, 6) is -2.74. The molecule has 168 valence electrons. The number of anilines is 1. The van der Waals surface area contributed by atoms with E-state index in [1.54, 1.807) is 42.1 Å². The predicted molar refractivity (Wildman–Crippen MR) is 127 cm³/mol. The standard InChI is InChI=1S/C24H20N2O5S2/c27-21(19-14-5-6-15(9-14)20(19)23(30)31)25-16-7-8-17-18(10-16)33-24(26-17)32-11-12-1-3-13(4-2-12)22(28)29/h1-8,10,14-15,19-20H,9,11H2,(H,25,27)(H,28,29)(H,30,31)/t14-,15-,19+,20+/m0/s1. The summed E-state index contributed by atoms with van der Waals surface area (Å²) < 4.78 is 1.80. The molecule has 1 amide bonds.